The third-order valence-electron chi connectivity index (χ3n) is 3.32. The summed E-state index contributed by atoms with van der Waals surface area (Å²) in [4.78, 5) is 10.1. The van der Waals surface area contributed by atoms with E-state index in [-0.39, 0.29) is 30.6 Å². The maximum Gasteiger partial charge on any atom is 0.269 e. The fourth-order valence-corrected chi connectivity index (χ4v) is 2.37. The van der Waals surface area contributed by atoms with Crippen LogP contribution in [-0.4, -0.2) is 47.7 Å². The monoisotopic (exact) mass is 267 g/mol. The van der Waals surface area contributed by atoms with E-state index in [0.29, 0.717) is 12.4 Å². The normalized spacial score (nSPS) is 33.1. The van der Waals surface area contributed by atoms with E-state index in [4.69, 9.17) is 14.2 Å². The van der Waals surface area contributed by atoms with Gasteiger partial charge in [0, 0.05) is 12.1 Å². The molecule has 0 spiro atoms. The highest BCUT2D eigenvalue weighted by Gasteiger charge is 2.48. The molecule has 0 aromatic heterocycles. The molecule has 4 unspecified atom stereocenters. The minimum atomic E-state index is -0.615. The third kappa shape index (κ3) is 2.27. The Bertz CT molecular complexity index is 476. The maximum absolute atomic E-state index is 10.5. The number of nitrogens with zero attached hydrogens (tertiary/aromatic N) is 1. The molecule has 0 saturated carbocycles. The van der Waals surface area contributed by atoms with E-state index in [1.54, 1.807) is 0 Å². The summed E-state index contributed by atoms with van der Waals surface area (Å²) in [5.41, 5.74) is 0.0143. The number of rotatable bonds is 3. The maximum atomic E-state index is 10.5. The molecule has 7 heteroatoms. The van der Waals surface area contributed by atoms with E-state index in [0.717, 1.165) is 0 Å². The van der Waals surface area contributed by atoms with Gasteiger partial charge in [0.2, 0.25) is 0 Å². The van der Waals surface area contributed by atoms with Crippen molar-refractivity contribution in [2.75, 3.05) is 13.2 Å². The molecule has 0 bridgehead atoms. The van der Waals surface area contributed by atoms with E-state index in [1.807, 2.05) is 0 Å². The van der Waals surface area contributed by atoms with Crippen molar-refractivity contribution in [3.05, 3.63) is 34.4 Å². The molecule has 1 aromatic carbocycles. The number of aliphatic hydroxyl groups excluding tert-OH is 1. The largest absolute Gasteiger partial charge is 0.485 e. The standard InChI is InChI=1S/C12H13NO6/c14-9-5-17-12-10(6-18-11(9)12)19-8-3-1-7(2-4-8)13(15)16/h1-4,9-12,14H,5-6H2. The molecule has 3 rings (SSSR count). The lowest BCUT2D eigenvalue weighted by atomic mass is 10.1. The molecule has 7 nitrogen and oxygen atoms in total. The average molecular weight is 267 g/mol. The number of nitro groups is 1. The zero-order valence-electron chi connectivity index (χ0n) is 9.97. The predicted molar refractivity (Wildman–Crippen MR) is 63.0 cm³/mol. The van der Waals surface area contributed by atoms with E-state index >= 15 is 0 Å². The number of ether oxygens (including phenoxy) is 3. The van der Waals surface area contributed by atoms with Crippen LogP contribution < -0.4 is 4.74 Å². The molecule has 1 N–H and O–H groups in total. The highest BCUT2D eigenvalue weighted by atomic mass is 16.6. The second-order valence-corrected chi connectivity index (χ2v) is 4.57. The van der Waals surface area contributed by atoms with Crippen molar-refractivity contribution in [3.8, 4) is 5.75 Å². The van der Waals surface area contributed by atoms with Crippen molar-refractivity contribution < 1.29 is 24.2 Å². The fraction of sp³-hybridized carbons (Fsp3) is 0.500. The van der Waals surface area contributed by atoms with Gasteiger partial charge in [0.15, 0.2) is 6.10 Å². The topological polar surface area (TPSA) is 91.1 Å². The molecule has 2 saturated heterocycles. The lowest BCUT2D eigenvalue weighted by Gasteiger charge is -2.17. The van der Waals surface area contributed by atoms with Gasteiger partial charge in [0.05, 0.1) is 18.1 Å². The van der Waals surface area contributed by atoms with E-state index in [9.17, 15) is 15.2 Å². The van der Waals surface area contributed by atoms with Gasteiger partial charge in [-0.2, -0.15) is 0 Å². The summed E-state index contributed by atoms with van der Waals surface area (Å²) in [7, 11) is 0. The smallest absolute Gasteiger partial charge is 0.269 e. The summed E-state index contributed by atoms with van der Waals surface area (Å²) in [5, 5.41) is 20.1. The first-order valence-corrected chi connectivity index (χ1v) is 5.97. The third-order valence-corrected chi connectivity index (χ3v) is 3.32. The first-order chi connectivity index (χ1) is 9.15. The van der Waals surface area contributed by atoms with Crippen molar-refractivity contribution in [3.63, 3.8) is 0 Å². The fourth-order valence-electron chi connectivity index (χ4n) is 2.37. The van der Waals surface area contributed by atoms with Crippen LogP contribution in [0.25, 0.3) is 0 Å². The SMILES string of the molecule is O=[N+]([O-])c1ccc(OC2COC3C(O)COC23)cc1. The Morgan fingerprint density at radius 1 is 1.21 bits per heavy atom. The lowest BCUT2D eigenvalue weighted by Crippen LogP contribution is -2.34. The van der Waals surface area contributed by atoms with Gasteiger partial charge in [-0.15, -0.1) is 0 Å². The van der Waals surface area contributed by atoms with E-state index in [1.165, 1.54) is 24.3 Å². The van der Waals surface area contributed by atoms with Crippen LogP contribution in [0.3, 0.4) is 0 Å². The Balaban J connectivity index is 1.67. The van der Waals surface area contributed by atoms with E-state index < -0.39 is 11.0 Å². The zero-order valence-corrected chi connectivity index (χ0v) is 9.97. The van der Waals surface area contributed by atoms with Crippen molar-refractivity contribution in [2.45, 2.75) is 24.4 Å². The molecular weight excluding hydrogens is 254 g/mol. The molecule has 2 aliphatic heterocycles. The van der Waals surface area contributed by atoms with Crippen LogP contribution in [0.4, 0.5) is 5.69 Å². The summed E-state index contributed by atoms with van der Waals surface area (Å²) in [6, 6.07) is 5.84. The van der Waals surface area contributed by atoms with Crippen molar-refractivity contribution in [2.24, 2.45) is 0 Å². The summed E-state index contributed by atoms with van der Waals surface area (Å²) in [6.45, 7) is 0.582. The first kappa shape index (κ1) is 12.3. The number of benzene rings is 1. The molecule has 2 aliphatic rings. The molecule has 4 atom stereocenters. The Hall–Kier alpha value is -1.70. The van der Waals surface area contributed by atoms with Gasteiger partial charge < -0.3 is 19.3 Å². The molecule has 0 radical (unpaired) electrons. The Morgan fingerprint density at radius 2 is 1.89 bits per heavy atom. The Kier molecular flexibility index (Phi) is 3.09. The number of aliphatic hydroxyl groups is 1. The van der Waals surface area contributed by atoms with Gasteiger partial charge in [-0.05, 0) is 12.1 Å². The van der Waals surface area contributed by atoms with Crippen LogP contribution in [0.15, 0.2) is 24.3 Å². The summed E-state index contributed by atoms with van der Waals surface area (Å²) < 4.78 is 16.5. The summed E-state index contributed by atoms with van der Waals surface area (Å²) in [6.07, 6.45) is -1.55. The van der Waals surface area contributed by atoms with Gasteiger partial charge in [0.25, 0.3) is 5.69 Å². The van der Waals surface area contributed by atoms with Crippen molar-refractivity contribution in [1.29, 1.82) is 0 Å². The zero-order chi connectivity index (χ0) is 13.4. The van der Waals surface area contributed by atoms with Gasteiger partial charge >= 0.3 is 0 Å². The first-order valence-electron chi connectivity index (χ1n) is 5.97. The Labute approximate surface area is 108 Å². The molecule has 0 aliphatic carbocycles. The second kappa shape index (κ2) is 4.76. The number of nitro benzene ring substituents is 1. The number of hydrogen-bond donors (Lipinski definition) is 1. The van der Waals surface area contributed by atoms with Crippen molar-refractivity contribution >= 4 is 5.69 Å². The van der Waals surface area contributed by atoms with Crippen LogP contribution >= 0.6 is 0 Å². The molecule has 1 aromatic rings. The highest BCUT2D eigenvalue weighted by Crippen LogP contribution is 2.30. The van der Waals surface area contributed by atoms with Gasteiger partial charge in [0.1, 0.15) is 24.1 Å². The number of hydrogen-bond acceptors (Lipinski definition) is 6. The minimum Gasteiger partial charge on any atom is -0.485 e. The quantitative estimate of drug-likeness (QED) is 0.633. The molecule has 102 valence electrons. The molecule has 2 heterocycles. The van der Waals surface area contributed by atoms with Crippen LogP contribution in [0.1, 0.15) is 0 Å². The van der Waals surface area contributed by atoms with Gasteiger partial charge in [-0.1, -0.05) is 0 Å². The van der Waals surface area contributed by atoms with Crippen LogP contribution in [-0.2, 0) is 9.47 Å². The molecule has 2 fully saturated rings. The lowest BCUT2D eigenvalue weighted by molar-refractivity contribution is -0.384. The minimum absolute atomic E-state index is 0.0143. The second-order valence-electron chi connectivity index (χ2n) is 4.57. The summed E-state index contributed by atoms with van der Waals surface area (Å²) >= 11 is 0. The van der Waals surface area contributed by atoms with Crippen LogP contribution in [0.5, 0.6) is 5.75 Å². The number of fused-ring (bicyclic) bond motifs is 1. The molecular formula is C12H13NO6. The van der Waals surface area contributed by atoms with E-state index in [2.05, 4.69) is 0 Å². The summed E-state index contributed by atoms with van der Waals surface area (Å²) in [5.74, 6) is 0.518. The van der Waals surface area contributed by atoms with Crippen molar-refractivity contribution in [1.82, 2.24) is 0 Å². The van der Waals surface area contributed by atoms with Crippen LogP contribution in [0, 0.1) is 10.1 Å². The van der Waals surface area contributed by atoms with Crippen LogP contribution in [0.2, 0.25) is 0 Å². The Morgan fingerprint density at radius 3 is 2.58 bits per heavy atom. The highest BCUT2D eigenvalue weighted by molar-refractivity contribution is 5.36. The predicted octanol–water partition coefficient (Wildman–Crippen LogP) is 0.501. The average Bonchev–Trinajstić information content (AvgIpc) is 2.95. The van der Waals surface area contributed by atoms with Gasteiger partial charge in [-0.3, -0.25) is 10.1 Å². The molecule has 0 amide bonds. The van der Waals surface area contributed by atoms with Gasteiger partial charge in [-0.25, -0.2) is 0 Å². The number of non-ortho nitro benzene ring substituents is 1. The molecule has 19 heavy (non-hydrogen) atoms.